The lowest BCUT2D eigenvalue weighted by atomic mass is 10.2. The number of amides is 1. The Bertz CT molecular complexity index is 1140. The molecule has 0 aliphatic rings. The molecule has 0 fully saturated rings. The molecular weight excluding hydrogens is 475 g/mol. The van der Waals surface area contributed by atoms with Crippen LogP contribution in [-0.2, 0) is 6.61 Å². The van der Waals surface area contributed by atoms with Crippen molar-refractivity contribution in [1.82, 2.24) is 5.43 Å². The number of rotatable bonds is 11. The lowest BCUT2D eigenvalue weighted by Gasteiger charge is -2.13. The number of nitrogens with one attached hydrogen (secondary N) is 1. The van der Waals surface area contributed by atoms with E-state index in [0.29, 0.717) is 51.6 Å². The third-order valence-electron chi connectivity index (χ3n) is 4.49. The normalized spacial score (nSPS) is 10.7. The molecule has 3 aromatic carbocycles. The SMILES string of the molecule is C=CCOc1c(Cl)cc(/C=N/NC(=O)c2ccc(OCc3ccccc3)c(OCC)c2)cc1Cl. The molecule has 0 saturated carbocycles. The molecule has 176 valence electrons. The molecule has 0 aromatic heterocycles. The lowest BCUT2D eigenvalue weighted by molar-refractivity contribution is 0.0954. The van der Waals surface area contributed by atoms with Gasteiger partial charge in [-0.05, 0) is 48.4 Å². The van der Waals surface area contributed by atoms with E-state index in [2.05, 4.69) is 17.1 Å². The van der Waals surface area contributed by atoms with E-state index >= 15 is 0 Å². The first-order valence-electron chi connectivity index (χ1n) is 10.5. The molecule has 3 rings (SSSR count). The summed E-state index contributed by atoms with van der Waals surface area (Å²) in [6.07, 6.45) is 3.03. The average Bonchev–Trinajstić information content (AvgIpc) is 2.83. The smallest absolute Gasteiger partial charge is 0.271 e. The summed E-state index contributed by atoms with van der Waals surface area (Å²) in [7, 11) is 0. The van der Waals surface area contributed by atoms with Crippen LogP contribution in [0.3, 0.4) is 0 Å². The van der Waals surface area contributed by atoms with Gasteiger partial charge >= 0.3 is 0 Å². The van der Waals surface area contributed by atoms with E-state index in [1.807, 2.05) is 37.3 Å². The van der Waals surface area contributed by atoms with Gasteiger partial charge in [-0.15, -0.1) is 0 Å². The van der Waals surface area contributed by atoms with Crippen molar-refractivity contribution in [2.24, 2.45) is 5.10 Å². The van der Waals surface area contributed by atoms with Gasteiger partial charge in [0.25, 0.3) is 5.91 Å². The zero-order valence-corrected chi connectivity index (χ0v) is 20.1. The number of hydrazone groups is 1. The number of carbonyl (C=O) groups is 1. The van der Waals surface area contributed by atoms with Crippen LogP contribution in [0.5, 0.6) is 17.2 Å². The van der Waals surface area contributed by atoms with Crippen LogP contribution in [0.1, 0.15) is 28.4 Å². The quantitative estimate of drug-likeness (QED) is 0.191. The molecule has 0 bridgehead atoms. The van der Waals surface area contributed by atoms with Gasteiger partial charge in [-0.3, -0.25) is 4.79 Å². The Morgan fingerprint density at radius 3 is 2.41 bits per heavy atom. The Labute approximate surface area is 208 Å². The van der Waals surface area contributed by atoms with Gasteiger partial charge in [0.15, 0.2) is 17.2 Å². The Morgan fingerprint density at radius 1 is 1.00 bits per heavy atom. The van der Waals surface area contributed by atoms with Crippen molar-refractivity contribution >= 4 is 35.3 Å². The number of nitrogens with zero attached hydrogens (tertiary/aromatic N) is 1. The van der Waals surface area contributed by atoms with Gasteiger partial charge in [0.05, 0.1) is 22.9 Å². The minimum absolute atomic E-state index is 0.281. The van der Waals surface area contributed by atoms with Gasteiger partial charge in [-0.2, -0.15) is 5.10 Å². The summed E-state index contributed by atoms with van der Waals surface area (Å²) >= 11 is 12.4. The van der Waals surface area contributed by atoms with Crippen molar-refractivity contribution in [3.63, 3.8) is 0 Å². The Morgan fingerprint density at radius 2 is 1.74 bits per heavy atom. The second-order valence-corrected chi connectivity index (χ2v) is 7.80. The summed E-state index contributed by atoms with van der Waals surface area (Å²) < 4.78 is 17.0. The van der Waals surface area contributed by atoms with Crippen LogP contribution in [0.25, 0.3) is 0 Å². The topological polar surface area (TPSA) is 69.2 Å². The van der Waals surface area contributed by atoms with E-state index in [9.17, 15) is 4.79 Å². The molecule has 0 unspecified atom stereocenters. The third kappa shape index (κ3) is 7.01. The minimum atomic E-state index is -0.407. The van der Waals surface area contributed by atoms with E-state index in [0.717, 1.165) is 5.56 Å². The van der Waals surface area contributed by atoms with Crippen molar-refractivity contribution in [2.75, 3.05) is 13.2 Å². The molecule has 0 heterocycles. The fourth-order valence-corrected chi connectivity index (χ4v) is 3.55. The minimum Gasteiger partial charge on any atom is -0.490 e. The molecule has 8 heteroatoms. The highest BCUT2D eigenvalue weighted by atomic mass is 35.5. The van der Waals surface area contributed by atoms with E-state index in [4.69, 9.17) is 37.4 Å². The van der Waals surface area contributed by atoms with E-state index in [1.165, 1.54) is 6.21 Å². The van der Waals surface area contributed by atoms with Crippen LogP contribution < -0.4 is 19.6 Å². The summed E-state index contributed by atoms with van der Waals surface area (Å²) in [6, 6.07) is 18.0. The van der Waals surface area contributed by atoms with Gasteiger partial charge in [-0.25, -0.2) is 5.43 Å². The molecule has 0 saturated heterocycles. The van der Waals surface area contributed by atoms with Crippen molar-refractivity contribution in [1.29, 1.82) is 0 Å². The standard InChI is InChI=1S/C26H24Cl2N2O4/c1-3-12-33-25-21(27)13-19(14-22(25)28)16-29-30-26(31)20-10-11-23(24(15-20)32-4-2)34-17-18-8-6-5-7-9-18/h3,5-11,13-16H,1,4,12,17H2,2H3,(H,30,31)/b29-16+. The van der Waals surface area contributed by atoms with Crippen molar-refractivity contribution in [2.45, 2.75) is 13.5 Å². The molecule has 0 aliphatic carbocycles. The molecule has 1 N–H and O–H groups in total. The Balaban J connectivity index is 1.66. The van der Waals surface area contributed by atoms with Crippen LogP contribution in [-0.4, -0.2) is 25.3 Å². The number of ether oxygens (including phenoxy) is 3. The summed E-state index contributed by atoms with van der Waals surface area (Å²) in [5, 5.41) is 4.65. The molecule has 1 amide bonds. The lowest BCUT2D eigenvalue weighted by Crippen LogP contribution is -2.17. The zero-order chi connectivity index (χ0) is 24.3. The third-order valence-corrected chi connectivity index (χ3v) is 5.05. The molecule has 0 aliphatic heterocycles. The maximum Gasteiger partial charge on any atom is 0.271 e. The van der Waals surface area contributed by atoms with Gasteiger partial charge in [0.2, 0.25) is 0 Å². The second kappa shape index (κ2) is 12.7. The van der Waals surface area contributed by atoms with Crippen molar-refractivity contribution < 1.29 is 19.0 Å². The van der Waals surface area contributed by atoms with E-state index in [1.54, 1.807) is 36.4 Å². The highest BCUT2D eigenvalue weighted by Crippen LogP contribution is 2.34. The molecular formula is C26H24Cl2N2O4. The average molecular weight is 499 g/mol. The number of hydrogen-bond acceptors (Lipinski definition) is 5. The van der Waals surface area contributed by atoms with Gasteiger partial charge < -0.3 is 14.2 Å². The number of hydrogen-bond donors (Lipinski definition) is 1. The molecule has 0 atom stereocenters. The number of halogens is 2. The van der Waals surface area contributed by atoms with Crippen LogP contribution in [0.4, 0.5) is 0 Å². The predicted molar refractivity (Wildman–Crippen MR) is 136 cm³/mol. The van der Waals surface area contributed by atoms with Crippen LogP contribution in [0, 0.1) is 0 Å². The monoisotopic (exact) mass is 498 g/mol. The fourth-order valence-electron chi connectivity index (χ4n) is 2.94. The first-order valence-corrected chi connectivity index (χ1v) is 11.3. The molecule has 3 aromatic rings. The molecule has 0 spiro atoms. The van der Waals surface area contributed by atoms with Gasteiger partial charge in [0.1, 0.15) is 13.2 Å². The summed E-state index contributed by atoms with van der Waals surface area (Å²) in [4.78, 5) is 12.6. The molecule has 6 nitrogen and oxygen atoms in total. The maximum atomic E-state index is 12.6. The van der Waals surface area contributed by atoms with Crippen molar-refractivity contribution in [3.8, 4) is 17.2 Å². The largest absolute Gasteiger partial charge is 0.490 e. The van der Waals surface area contributed by atoms with Crippen molar-refractivity contribution in [3.05, 3.63) is 100 Å². The van der Waals surface area contributed by atoms with E-state index < -0.39 is 5.91 Å². The summed E-state index contributed by atoms with van der Waals surface area (Å²) in [5.74, 6) is 0.981. The fraction of sp³-hybridized carbons (Fsp3) is 0.154. The maximum absolute atomic E-state index is 12.6. The molecule has 34 heavy (non-hydrogen) atoms. The number of benzene rings is 3. The van der Waals surface area contributed by atoms with Gasteiger partial charge in [0, 0.05) is 5.56 Å². The van der Waals surface area contributed by atoms with Crippen LogP contribution in [0.15, 0.2) is 78.4 Å². The highest BCUT2D eigenvalue weighted by molar-refractivity contribution is 6.37. The van der Waals surface area contributed by atoms with E-state index in [-0.39, 0.29) is 6.61 Å². The molecule has 0 radical (unpaired) electrons. The van der Waals surface area contributed by atoms with Gasteiger partial charge in [-0.1, -0.05) is 66.2 Å². The zero-order valence-electron chi connectivity index (χ0n) is 18.6. The summed E-state index contributed by atoms with van der Waals surface area (Å²) in [6.45, 7) is 6.55. The Hall–Kier alpha value is -3.48. The Kier molecular flexibility index (Phi) is 9.38. The highest BCUT2D eigenvalue weighted by Gasteiger charge is 2.12. The first-order chi connectivity index (χ1) is 16.5. The number of carbonyl (C=O) groups excluding carboxylic acids is 1. The summed E-state index contributed by atoms with van der Waals surface area (Å²) in [5.41, 5.74) is 4.48. The predicted octanol–water partition coefficient (Wildman–Crippen LogP) is 6.30. The first kappa shape index (κ1) is 25.1. The van der Waals surface area contributed by atoms with Crippen LogP contribution >= 0.6 is 23.2 Å². The van der Waals surface area contributed by atoms with Crippen LogP contribution in [0.2, 0.25) is 10.0 Å². The second-order valence-electron chi connectivity index (χ2n) is 6.98.